The molecule has 0 saturated heterocycles. The zero-order chi connectivity index (χ0) is 18.6. The quantitative estimate of drug-likeness (QED) is 0.672. The molecule has 0 aliphatic carbocycles. The molecule has 0 aliphatic heterocycles. The monoisotopic (exact) mass is 385 g/mol. The van der Waals surface area contributed by atoms with Crippen LogP contribution in [0, 0.1) is 0 Å². The second-order valence-corrected chi connectivity index (χ2v) is 7.33. The van der Waals surface area contributed by atoms with Crippen molar-refractivity contribution in [2.75, 3.05) is 7.11 Å². The predicted molar refractivity (Wildman–Crippen MR) is 91.6 cm³/mol. The maximum Gasteiger partial charge on any atom is 0.322 e. The van der Waals surface area contributed by atoms with E-state index in [9.17, 15) is 23.4 Å². The first-order valence-corrected chi connectivity index (χ1v) is 8.95. The van der Waals surface area contributed by atoms with E-state index in [1.165, 1.54) is 49.6 Å². The van der Waals surface area contributed by atoms with Gasteiger partial charge in [-0.05, 0) is 48.4 Å². The minimum absolute atomic E-state index is 0.0913. The molecule has 0 saturated carbocycles. The summed E-state index contributed by atoms with van der Waals surface area (Å²) in [6.07, 6.45) is -0.126. The first-order valence-electron chi connectivity index (χ1n) is 7.09. The number of aliphatic carboxylic acids is 1. The number of phenols is 1. The van der Waals surface area contributed by atoms with Crippen molar-refractivity contribution in [1.29, 1.82) is 0 Å². The Kier molecular flexibility index (Phi) is 5.89. The summed E-state index contributed by atoms with van der Waals surface area (Å²) in [5.74, 6) is -1.26. The summed E-state index contributed by atoms with van der Waals surface area (Å²) in [7, 11) is -2.68. The standard InChI is InChI=1S/C16H16ClNO6S/c1-24-15-9-10(2-7-14(15)19)8-13(16(20)21)18-25(22,23)12-5-3-11(17)4-6-12/h2-7,9,13,18-19H,8H2,1H3,(H,20,21)/t13-/m0/s1. The molecule has 0 radical (unpaired) electrons. The molecule has 7 nitrogen and oxygen atoms in total. The number of aromatic hydroxyl groups is 1. The van der Waals surface area contributed by atoms with Gasteiger partial charge >= 0.3 is 5.97 Å². The average molecular weight is 386 g/mol. The zero-order valence-electron chi connectivity index (χ0n) is 13.1. The summed E-state index contributed by atoms with van der Waals surface area (Å²) in [4.78, 5) is 11.4. The van der Waals surface area contributed by atoms with E-state index in [1.807, 2.05) is 0 Å². The number of carboxylic acids is 1. The topological polar surface area (TPSA) is 113 Å². The number of carbonyl (C=O) groups is 1. The van der Waals surface area contributed by atoms with E-state index in [2.05, 4.69) is 4.72 Å². The third kappa shape index (κ3) is 4.85. The molecular weight excluding hydrogens is 370 g/mol. The lowest BCUT2D eigenvalue weighted by atomic mass is 10.1. The second kappa shape index (κ2) is 7.73. The fourth-order valence-corrected chi connectivity index (χ4v) is 3.45. The number of hydrogen-bond donors (Lipinski definition) is 3. The highest BCUT2D eigenvalue weighted by Crippen LogP contribution is 2.27. The van der Waals surface area contributed by atoms with Crippen LogP contribution in [0.2, 0.25) is 5.02 Å². The van der Waals surface area contributed by atoms with Gasteiger partial charge in [-0.15, -0.1) is 0 Å². The Labute approximate surface area is 149 Å². The summed E-state index contributed by atoms with van der Waals surface area (Å²) < 4.78 is 31.8. The van der Waals surface area contributed by atoms with E-state index in [0.29, 0.717) is 10.6 Å². The normalized spacial score (nSPS) is 12.6. The van der Waals surface area contributed by atoms with Crippen molar-refractivity contribution in [1.82, 2.24) is 4.72 Å². The first kappa shape index (κ1) is 19.0. The van der Waals surface area contributed by atoms with Gasteiger partial charge in [-0.25, -0.2) is 8.42 Å². The molecule has 0 amide bonds. The van der Waals surface area contributed by atoms with Crippen LogP contribution in [0.3, 0.4) is 0 Å². The number of phenolic OH excluding ortho intramolecular Hbond substituents is 1. The van der Waals surface area contributed by atoms with Crippen molar-refractivity contribution in [3.05, 3.63) is 53.1 Å². The molecule has 1 atom stereocenters. The first-order chi connectivity index (χ1) is 11.7. The molecule has 25 heavy (non-hydrogen) atoms. The Morgan fingerprint density at radius 1 is 1.24 bits per heavy atom. The average Bonchev–Trinajstić information content (AvgIpc) is 2.56. The molecule has 0 bridgehead atoms. The minimum Gasteiger partial charge on any atom is -0.504 e. The van der Waals surface area contributed by atoms with Gasteiger partial charge in [-0.3, -0.25) is 4.79 Å². The SMILES string of the molecule is COc1cc(C[C@H](NS(=O)(=O)c2ccc(Cl)cc2)C(=O)O)ccc1O. The van der Waals surface area contributed by atoms with Crippen LogP contribution >= 0.6 is 11.6 Å². The lowest BCUT2D eigenvalue weighted by Gasteiger charge is -2.16. The molecular formula is C16H16ClNO6S. The van der Waals surface area contributed by atoms with Crippen LogP contribution in [0.15, 0.2) is 47.4 Å². The Balaban J connectivity index is 2.24. The third-order valence-corrected chi connectivity index (χ3v) is 5.14. The fraction of sp³-hybridized carbons (Fsp3) is 0.188. The maximum atomic E-state index is 12.3. The molecule has 9 heteroatoms. The van der Waals surface area contributed by atoms with Crippen LogP contribution in [-0.4, -0.2) is 37.8 Å². The van der Waals surface area contributed by atoms with Gasteiger partial charge in [0, 0.05) is 5.02 Å². The van der Waals surface area contributed by atoms with Gasteiger partial charge in [-0.2, -0.15) is 4.72 Å². The van der Waals surface area contributed by atoms with Crippen LogP contribution in [0.5, 0.6) is 11.5 Å². The van der Waals surface area contributed by atoms with Gasteiger partial charge in [0.05, 0.1) is 12.0 Å². The highest BCUT2D eigenvalue weighted by Gasteiger charge is 2.26. The molecule has 0 aliphatic rings. The molecule has 0 heterocycles. The van der Waals surface area contributed by atoms with Gasteiger partial charge in [0.1, 0.15) is 6.04 Å². The number of carboxylic acid groups (broad SMARTS) is 1. The van der Waals surface area contributed by atoms with E-state index < -0.39 is 22.0 Å². The van der Waals surface area contributed by atoms with E-state index in [1.54, 1.807) is 0 Å². The summed E-state index contributed by atoms with van der Waals surface area (Å²) in [5.41, 5.74) is 0.487. The molecule has 2 rings (SSSR count). The molecule has 134 valence electrons. The molecule has 2 aromatic rings. The second-order valence-electron chi connectivity index (χ2n) is 5.18. The number of ether oxygens (including phenoxy) is 1. The Morgan fingerprint density at radius 2 is 1.88 bits per heavy atom. The van der Waals surface area contributed by atoms with E-state index >= 15 is 0 Å². The number of sulfonamides is 1. The molecule has 0 unspecified atom stereocenters. The molecule has 0 fully saturated rings. The minimum atomic E-state index is -4.04. The van der Waals surface area contributed by atoms with Gasteiger partial charge in [-0.1, -0.05) is 17.7 Å². The summed E-state index contributed by atoms with van der Waals surface area (Å²) >= 11 is 5.72. The highest BCUT2D eigenvalue weighted by atomic mass is 35.5. The highest BCUT2D eigenvalue weighted by molar-refractivity contribution is 7.89. The van der Waals surface area contributed by atoms with Crippen molar-refractivity contribution in [2.24, 2.45) is 0 Å². The fourth-order valence-electron chi connectivity index (χ4n) is 2.13. The van der Waals surface area contributed by atoms with Crippen molar-refractivity contribution in [3.63, 3.8) is 0 Å². The Hall–Kier alpha value is -2.29. The number of halogens is 1. The lowest BCUT2D eigenvalue weighted by molar-refractivity contribution is -0.138. The zero-order valence-corrected chi connectivity index (χ0v) is 14.7. The number of benzene rings is 2. The third-order valence-electron chi connectivity index (χ3n) is 3.40. The Bertz CT molecular complexity index is 867. The van der Waals surface area contributed by atoms with Crippen LogP contribution in [0.25, 0.3) is 0 Å². The molecule has 0 spiro atoms. The van der Waals surface area contributed by atoms with Crippen LogP contribution in [0.1, 0.15) is 5.56 Å². The molecule has 0 aromatic heterocycles. The van der Waals surface area contributed by atoms with Crippen molar-refractivity contribution < 1.29 is 28.2 Å². The largest absolute Gasteiger partial charge is 0.504 e. The van der Waals surface area contributed by atoms with E-state index in [-0.39, 0.29) is 22.8 Å². The van der Waals surface area contributed by atoms with Gasteiger partial charge in [0.15, 0.2) is 11.5 Å². The molecule has 2 aromatic carbocycles. The number of rotatable bonds is 7. The molecule has 3 N–H and O–H groups in total. The van der Waals surface area contributed by atoms with Crippen molar-refractivity contribution in [3.8, 4) is 11.5 Å². The predicted octanol–water partition coefficient (Wildman–Crippen LogP) is 2.03. The maximum absolute atomic E-state index is 12.3. The van der Waals surface area contributed by atoms with Gasteiger partial charge in [0.25, 0.3) is 0 Å². The summed E-state index contributed by atoms with van der Waals surface area (Å²) in [6.45, 7) is 0. The summed E-state index contributed by atoms with van der Waals surface area (Å²) in [5, 5.41) is 19.3. The van der Waals surface area contributed by atoms with Crippen molar-refractivity contribution >= 4 is 27.6 Å². The smallest absolute Gasteiger partial charge is 0.322 e. The van der Waals surface area contributed by atoms with Gasteiger partial charge < -0.3 is 14.9 Å². The van der Waals surface area contributed by atoms with Crippen LogP contribution in [-0.2, 0) is 21.2 Å². The van der Waals surface area contributed by atoms with Crippen molar-refractivity contribution in [2.45, 2.75) is 17.4 Å². The number of hydrogen-bond acceptors (Lipinski definition) is 5. The van der Waals surface area contributed by atoms with Gasteiger partial charge in [0.2, 0.25) is 10.0 Å². The number of nitrogens with one attached hydrogen (secondary N) is 1. The lowest BCUT2D eigenvalue weighted by Crippen LogP contribution is -2.42. The van der Waals surface area contributed by atoms with Crippen LogP contribution in [0.4, 0.5) is 0 Å². The Morgan fingerprint density at radius 3 is 2.44 bits per heavy atom. The number of methoxy groups -OCH3 is 1. The van der Waals surface area contributed by atoms with Crippen LogP contribution < -0.4 is 9.46 Å². The summed E-state index contributed by atoms with van der Waals surface area (Å²) in [6, 6.07) is 8.26. The van der Waals surface area contributed by atoms with E-state index in [4.69, 9.17) is 16.3 Å². The van der Waals surface area contributed by atoms with E-state index in [0.717, 1.165) is 0 Å².